The molecule has 1 fully saturated rings. The van der Waals surface area contributed by atoms with Gasteiger partial charge in [0.05, 0.1) is 30.0 Å². The van der Waals surface area contributed by atoms with Crippen molar-refractivity contribution in [2.75, 3.05) is 26.2 Å². The van der Waals surface area contributed by atoms with Gasteiger partial charge in [-0.05, 0) is 49.6 Å². The largest absolute Gasteiger partial charge is 0.466 e. The predicted molar refractivity (Wildman–Crippen MR) is 134 cm³/mol. The lowest BCUT2D eigenvalue weighted by Crippen LogP contribution is -2.40. The van der Waals surface area contributed by atoms with Crippen LogP contribution in [0.15, 0.2) is 59.1 Å². The van der Waals surface area contributed by atoms with Gasteiger partial charge in [0.2, 0.25) is 0 Å². The Labute approximate surface area is 214 Å². The van der Waals surface area contributed by atoms with E-state index in [9.17, 15) is 19.7 Å². The Morgan fingerprint density at radius 3 is 2.51 bits per heavy atom. The second kappa shape index (κ2) is 10.6. The van der Waals surface area contributed by atoms with Gasteiger partial charge < -0.3 is 18.6 Å². The molecule has 2 aliphatic rings. The van der Waals surface area contributed by atoms with Crippen LogP contribution in [0.3, 0.4) is 0 Å². The second-order valence-electron chi connectivity index (χ2n) is 9.43. The van der Waals surface area contributed by atoms with E-state index < -0.39 is 4.92 Å². The van der Waals surface area contributed by atoms with Gasteiger partial charge >= 0.3 is 5.97 Å². The maximum absolute atomic E-state index is 13.1. The van der Waals surface area contributed by atoms with E-state index in [0.717, 1.165) is 24.3 Å². The van der Waals surface area contributed by atoms with E-state index in [4.69, 9.17) is 9.15 Å². The third-order valence-electron chi connectivity index (χ3n) is 7.19. The first-order chi connectivity index (χ1) is 17.9. The first-order valence-electron chi connectivity index (χ1n) is 12.6. The van der Waals surface area contributed by atoms with Gasteiger partial charge in [-0.1, -0.05) is 12.1 Å². The van der Waals surface area contributed by atoms with Crippen molar-refractivity contribution in [3.05, 3.63) is 87.6 Å². The fourth-order valence-corrected chi connectivity index (χ4v) is 5.27. The molecule has 4 heterocycles. The van der Waals surface area contributed by atoms with Gasteiger partial charge in [0, 0.05) is 50.2 Å². The number of esters is 1. The SMILES string of the molecule is CCOC(=O)C1CCN(C(=O)c2ccc(CN3CCn4cccc4C3c3ccc([N+](=O)[O-])cc3)o2)CC1. The average Bonchev–Trinajstić information content (AvgIpc) is 3.58. The van der Waals surface area contributed by atoms with E-state index in [-0.39, 0.29) is 35.3 Å². The molecule has 0 spiro atoms. The van der Waals surface area contributed by atoms with E-state index in [1.54, 1.807) is 30.0 Å². The number of rotatable bonds is 7. The van der Waals surface area contributed by atoms with E-state index in [2.05, 4.69) is 15.5 Å². The van der Waals surface area contributed by atoms with E-state index in [1.165, 1.54) is 12.1 Å². The second-order valence-corrected chi connectivity index (χ2v) is 9.43. The van der Waals surface area contributed by atoms with Crippen molar-refractivity contribution >= 4 is 17.6 Å². The highest BCUT2D eigenvalue weighted by atomic mass is 16.6. The standard InChI is InChI=1S/C27H30N4O6/c1-2-36-27(33)20-11-14-29(15-12-20)26(32)24-10-9-22(37-24)18-30-17-16-28-13-3-4-23(28)25(30)19-5-7-21(8-6-19)31(34)35/h3-10,13,20,25H,2,11-12,14-18H2,1H3. The van der Waals surface area contributed by atoms with Crippen molar-refractivity contribution in [2.24, 2.45) is 5.92 Å². The molecule has 10 nitrogen and oxygen atoms in total. The number of aromatic nitrogens is 1. The van der Waals surface area contributed by atoms with E-state index in [1.807, 2.05) is 18.3 Å². The van der Waals surface area contributed by atoms with Crippen LogP contribution in [-0.4, -0.2) is 57.4 Å². The molecule has 2 aromatic heterocycles. The number of carbonyl (C=O) groups is 2. The summed E-state index contributed by atoms with van der Waals surface area (Å²) < 4.78 is 13.3. The van der Waals surface area contributed by atoms with Gasteiger partial charge in [-0.3, -0.25) is 24.6 Å². The van der Waals surface area contributed by atoms with Crippen LogP contribution in [-0.2, 0) is 22.6 Å². The van der Waals surface area contributed by atoms with Gasteiger partial charge in [0.25, 0.3) is 11.6 Å². The molecule has 0 saturated carbocycles. The molecule has 10 heteroatoms. The monoisotopic (exact) mass is 506 g/mol. The minimum Gasteiger partial charge on any atom is -0.466 e. The first kappa shape index (κ1) is 24.8. The highest BCUT2D eigenvalue weighted by Crippen LogP contribution is 2.34. The summed E-state index contributed by atoms with van der Waals surface area (Å²) in [4.78, 5) is 39.8. The van der Waals surface area contributed by atoms with Crippen molar-refractivity contribution in [1.29, 1.82) is 0 Å². The maximum Gasteiger partial charge on any atom is 0.309 e. The quantitative estimate of drug-likeness (QED) is 0.270. The highest BCUT2D eigenvalue weighted by Gasteiger charge is 2.32. The third-order valence-corrected chi connectivity index (χ3v) is 7.19. The Kier molecular flexibility index (Phi) is 7.09. The van der Waals surface area contributed by atoms with Crippen molar-refractivity contribution < 1.29 is 23.7 Å². The van der Waals surface area contributed by atoms with Crippen LogP contribution in [0.1, 0.15) is 53.4 Å². The summed E-state index contributed by atoms with van der Waals surface area (Å²) in [6, 6.07) is 14.2. The number of nitrogens with zero attached hydrogens (tertiary/aromatic N) is 4. The summed E-state index contributed by atoms with van der Waals surface area (Å²) in [6.07, 6.45) is 3.21. The first-order valence-corrected chi connectivity index (χ1v) is 12.6. The van der Waals surface area contributed by atoms with Crippen LogP contribution < -0.4 is 0 Å². The number of non-ortho nitro benzene ring substituents is 1. The number of hydrogen-bond acceptors (Lipinski definition) is 7. The van der Waals surface area contributed by atoms with Gasteiger partial charge in [0.15, 0.2) is 5.76 Å². The molecule has 0 N–H and O–H groups in total. The van der Waals surface area contributed by atoms with Crippen LogP contribution in [0, 0.1) is 16.0 Å². The molecule has 0 bridgehead atoms. The Hall–Kier alpha value is -3.92. The zero-order valence-electron chi connectivity index (χ0n) is 20.7. The van der Waals surface area contributed by atoms with Gasteiger partial charge in [-0.15, -0.1) is 0 Å². The number of carbonyl (C=O) groups excluding carboxylic acids is 2. The number of ether oxygens (including phenoxy) is 1. The molecule has 1 unspecified atom stereocenters. The molecular formula is C27H30N4O6. The number of nitro benzene ring substituents is 1. The van der Waals surface area contributed by atoms with Crippen LogP contribution in [0.2, 0.25) is 0 Å². The van der Waals surface area contributed by atoms with Gasteiger partial charge in [-0.25, -0.2) is 0 Å². The van der Waals surface area contributed by atoms with Gasteiger partial charge in [-0.2, -0.15) is 0 Å². The van der Waals surface area contributed by atoms with Crippen molar-refractivity contribution in [2.45, 2.75) is 38.9 Å². The van der Waals surface area contributed by atoms with Crippen LogP contribution in [0.5, 0.6) is 0 Å². The molecule has 5 rings (SSSR count). The van der Waals surface area contributed by atoms with Crippen LogP contribution in [0.25, 0.3) is 0 Å². The molecule has 3 aromatic rings. The van der Waals surface area contributed by atoms with E-state index >= 15 is 0 Å². The summed E-state index contributed by atoms with van der Waals surface area (Å²) in [5, 5.41) is 11.1. The minimum absolute atomic E-state index is 0.0574. The molecule has 1 aromatic carbocycles. The molecule has 194 valence electrons. The highest BCUT2D eigenvalue weighted by molar-refractivity contribution is 5.91. The van der Waals surface area contributed by atoms with Crippen molar-refractivity contribution in [1.82, 2.24) is 14.4 Å². The van der Waals surface area contributed by atoms with Crippen LogP contribution in [0.4, 0.5) is 5.69 Å². The van der Waals surface area contributed by atoms with Crippen molar-refractivity contribution in [3.8, 4) is 0 Å². The fourth-order valence-electron chi connectivity index (χ4n) is 5.27. The zero-order chi connectivity index (χ0) is 25.9. The summed E-state index contributed by atoms with van der Waals surface area (Å²) >= 11 is 0. The Morgan fingerprint density at radius 1 is 1.05 bits per heavy atom. The molecule has 1 saturated heterocycles. The normalized spacial score (nSPS) is 18.4. The maximum atomic E-state index is 13.1. The Morgan fingerprint density at radius 2 is 1.81 bits per heavy atom. The number of amides is 1. The fraction of sp³-hybridized carbons (Fsp3) is 0.407. The molecule has 0 aliphatic carbocycles. The molecule has 1 atom stereocenters. The number of nitro groups is 1. The third kappa shape index (κ3) is 5.15. The number of fused-ring (bicyclic) bond motifs is 1. The molecular weight excluding hydrogens is 476 g/mol. The molecule has 37 heavy (non-hydrogen) atoms. The lowest BCUT2D eigenvalue weighted by atomic mass is 9.97. The Balaban J connectivity index is 1.28. The molecule has 0 radical (unpaired) electrons. The van der Waals surface area contributed by atoms with Crippen molar-refractivity contribution in [3.63, 3.8) is 0 Å². The van der Waals surface area contributed by atoms with Gasteiger partial charge in [0.1, 0.15) is 5.76 Å². The lowest BCUT2D eigenvalue weighted by molar-refractivity contribution is -0.384. The minimum atomic E-state index is -0.397. The number of piperidine rings is 1. The summed E-state index contributed by atoms with van der Waals surface area (Å²) in [6.45, 7) is 5.20. The lowest BCUT2D eigenvalue weighted by Gasteiger charge is -2.36. The summed E-state index contributed by atoms with van der Waals surface area (Å²) in [5.41, 5.74) is 2.12. The summed E-state index contributed by atoms with van der Waals surface area (Å²) in [7, 11) is 0. The number of hydrogen-bond donors (Lipinski definition) is 0. The smallest absolute Gasteiger partial charge is 0.309 e. The molecule has 2 aliphatic heterocycles. The number of benzene rings is 1. The molecule has 1 amide bonds. The number of furan rings is 1. The Bertz CT molecular complexity index is 1270. The average molecular weight is 507 g/mol. The zero-order valence-corrected chi connectivity index (χ0v) is 20.7. The topological polar surface area (TPSA) is 111 Å². The summed E-state index contributed by atoms with van der Waals surface area (Å²) in [5.74, 6) is 0.442. The number of likely N-dealkylation sites (tertiary alicyclic amines) is 1. The van der Waals surface area contributed by atoms with E-state index in [0.29, 0.717) is 44.8 Å². The van der Waals surface area contributed by atoms with Crippen LogP contribution >= 0.6 is 0 Å². The predicted octanol–water partition coefficient (Wildman–Crippen LogP) is 4.01.